The van der Waals surface area contributed by atoms with Gasteiger partial charge in [0, 0.05) is 6.54 Å². The molecule has 0 amide bonds. The lowest BCUT2D eigenvalue weighted by Crippen LogP contribution is -2.36. The molecule has 17 heavy (non-hydrogen) atoms. The molecule has 0 aliphatic carbocycles. The molecule has 4 nitrogen and oxygen atoms in total. The van der Waals surface area contributed by atoms with Gasteiger partial charge in [-0.05, 0) is 43.4 Å². The summed E-state index contributed by atoms with van der Waals surface area (Å²) in [6, 6.07) is 5.87. The van der Waals surface area contributed by atoms with E-state index >= 15 is 0 Å². The molecule has 0 aromatic heterocycles. The fourth-order valence-corrected chi connectivity index (χ4v) is 1.83. The van der Waals surface area contributed by atoms with Gasteiger partial charge in [-0.1, -0.05) is 0 Å². The molecule has 1 heterocycles. The van der Waals surface area contributed by atoms with Crippen LogP contribution in [0.3, 0.4) is 0 Å². The highest BCUT2D eigenvalue weighted by atomic mass is 32.1. The molecule has 1 aliphatic rings. The zero-order chi connectivity index (χ0) is 12.3. The second-order valence-corrected chi connectivity index (χ2v) is 3.89. The Balaban J connectivity index is 1.92. The van der Waals surface area contributed by atoms with Crippen LogP contribution in [0.1, 0.15) is 6.92 Å². The van der Waals surface area contributed by atoms with Crippen LogP contribution in [-0.4, -0.2) is 29.3 Å². The van der Waals surface area contributed by atoms with Crippen molar-refractivity contribution in [1.82, 2.24) is 4.90 Å². The first-order valence-electron chi connectivity index (χ1n) is 5.30. The number of benzene rings is 1. The molecule has 90 valence electrons. The first-order chi connectivity index (χ1) is 8.20. The molecule has 6 heteroatoms. The standard InChI is InChI=1S/C11H12FN3OS/c1-2-15-10(13-14-11(15)17)7-16-9-5-3-8(12)4-6-9/h3-6,10H,2,7H2,1H3. The molecule has 0 fully saturated rings. The number of thiocarbonyl (C=S) groups is 1. The first kappa shape index (κ1) is 11.9. The average Bonchev–Trinajstić information content (AvgIpc) is 2.69. The van der Waals surface area contributed by atoms with Crippen molar-refractivity contribution in [2.24, 2.45) is 10.2 Å². The van der Waals surface area contributed by atoms with Gasteiger partial charge in [0.2, 0.25) is 5.11 Å². The Bertz CT molecular complexity index is 435. The van der Waals surface area contributed by atoms with Crippen LogP contribution in [0, 0.1) is 5.82 Å². The van der Waals surface area contributed by atoms with Gasteiger partial charge in [-0.3, -0.25) is 0 Å². The van der Waals surface area contributed by atoms with Crippen LogP contribution >= 0.6 is 12.2 Å². The molecule has 1 unspecified atom stereocenters. The normalized spacial score (nSPS) is 18.8. The number of ether oxygens (including phenoxy) is 1. The lowest BCUT2D eigenvalue weighted by molar-refractivity contribution is 0.215. The molecule has 1 aliphatic heterocycles. The van der Waals surface area contributed by atoms with Crippen molar-refractivity contribution in [3.63, 3.8) is 0 Å². The smallest absolute Gasteiger partial charge is 0.217 e. The Labute approximate surface area is 104 Å². The minimum Gasteiger partial charge on any atom is -0.489 e. The molecule has 0 radical (unpaired) electrons. The second-order valence-electron chi connectivity index (χ2n) is 3.53. The lowest BCUT2D eigenvalue weighted by atomic mass is 10.3. The van der Waals surface area contributed by atoms with E-state index in [1.54, 1.807) is 12.1 Å². The van der Waals surface area contributed by atoms with E-state index < -0.39 is 0 Å². The lowest BCUT2D eigenvalue weighted by Gasteiger charge is -2.21. The van der Waals surface area contributed by atoms with Gasteiger partial charge in [-0.2, -0.15) is 5.11 Å². The van der Waals surface area contributed by atoms with Crippen molar-refractivity contribution in [2.75, 3.05) is 13.2 Å². The van der Waals surface area contributed by atoms with E-state index in [0.717, 1.165) is 6.54 Å². The summed E-state index contributed by atoms with van der Waals surface area (Å²) in [5, 5.41) is 8.34. The summed E-state index contributed by atoms with van der Waals surface area (Å²) in [4.78, 5) is 1.87. The predicted octanol–water partition coefficient (Wildman–Crippen LogP) is 2.60. The van der Waals surface area contributed by atoms with Crippen molar-refractivity contribution < 1.29 is 9.13 Å². The van der Waals surface area contributed by atoms with E-state index in [4.69, 9.17) is 17.0 Å². The van der Waals surface area contributed by atoms with Crippen LogP contribution in [0.25, 0.3) is 0 Å². The van der Waals surface area contributed by atoms with Crippen molar-refractivity contribution in [3.05, 3.63) is 30.1 Å². The monoisotopic (exact) mass is 253 g/mol. The fourth-order valence-electron chi connectivity index (χ4n) is 1.53. The number of hydrogen-bond acceptors (Lipinski definition) is 3. The Hall–Kier alpha value is -1.56. The Kier molecular flexibility index (Phi) is 3.63. The van der Waals surface area contributed by atoms with E-state index in [2.05, 4.69) is 10.2 Å². The van der Waals surface area contributed by atoms with E-state index in [9.17, 15) is 4.39 Å². The summed E-state index contributed by atoms with van der Waals surface area (Å²) in [5.74, 6) is 0.324. The fraction of sp³-hybridized carbons (Fsp3) is 0.364. The summed E-state index contributed by atoms with van der Waals surface area (Å²) >= 11 is 5.03. The Morgan fingerprint density at radius 3 is 2.76 bits per heavy atom. The number of nitrogens with zero attached hydrogens (tertiary/aromatic N) is 3. The minimum absolute atomic E-state index is 0.183. The third-order valence-corrected chi connectivity index (χ3v) is 2.75. The molecular weight excluding hydrogens is 241 g/mol. The highest BCUT2D eigenvalue weighted by molar-refractivity contribution is 7.80. The number of hydrogen-bond donors (Lipinski definition) is 0. The highest BCUT2D eigenvalue weighted by Gasteiger charge is 2.25. The van der Waals surface area contributed by atoms with Crippen LogP contribution < -0.4 is 4.74 Å². The zero-order valence-corrected chi connectivity index (χ0v) is 10.2. The van der Waals surface area contributed by atoms with Crippen LogP contribution in [0.2, 0.25) is 0 Å². The number of rotatable bonds is 4. The van der Waals surface area contributed by atoms with Crippen molar-refractivity contribution in [2.45, 2.75) is 13.1 Å². The second kappa shape index (κ2) is 5.18. The summed E-state index contributed by atoms with van der Waals surface area (Å²) in [7, 11) is 0. The number of likely N-dealkylation sites (N-methyl/N-ethyl adjacent to an activating group) is 1. The van der Waals surface area contributed by atoms with Crippen molar-refractivity contribution in [1.29, 1.82) is 0 Å². The maximum absolute atomic E-state index is 12.7. The SMILES string of the molecule is CCN1C(=S)N=NC1COc1ccc(F)cc1. The zero-order valence-electron chi connectivity index (χ0n) is 9.34. The molecule has 1 aromatic rings. The van der Waals surface area contributed by atoms with Crippen LogP contribution in [0.5, 0.6) is 5.75 Å². The summed E-state index contributed by atoms with van der Waals surface area (Å²) in [5.41, 5.74) is 0. The summed E-state index contributed by atoms with van der Waals surface area (Å²) < 4.78 is 18.2. The Morgan fingerprint density at radius 2 is 2.12 bits per heavy atom. The molecule has 0 saturated carbocycles. The van der Waals surface area contributed by atoms with Gasteiger partial charge >= 0.3 is 0 Å². The number of halogens is 1. The topological polar surface area (TPSA) is 37.2 Å². The molecule has 0 spiro atoms. The summed E-state index contributed by atoms with van der Waals surface area (Å²) in [6.07, 6.45) is -0.183. The number of azo groups is 1. The van der Waals surface area contributed by atoms with Crippen LogP contribution in [0.4, 0.5) is 4.39 Å². The molecule has 0 saturated heterocycles. The van der Waals surface area contributed by atoms with Gasteiger partial charge < -0.3 is 9.64 Å². The molecule has 1 aromatic carbocycles. The van der Waals surface area contributed by atoms with Gasteiger partial charge in [-0.15, -0.1) is 5.11 Å². The van der Waals surface area contributed by atoms with Crippen LogP contribution in [0.15, 0.2) is 34.5 Å². The molecule has 0 bridgehead atoms. The largest absolute Gasteiger partial charge is 0.489 e. The third-order valence-electron chi connectivity index (χ3n) is 2.44. The molecule has 2 rings (SSSR count). The maximum atomic E-state index is 12.7. The van der Waals surface area contributed by atoms with Crippen LogP contribution in [-0.2, 0) is 0 Å². The van der Waals surface area contributed by atoms with Gasteiger partial charge in [-0.25, -0.2) is 4.39 Å². The van der Waals surface area contributed by atoms with E-state index in [-0.39, 0.29) is 12.0 Å². The molecular formula is C11H12FN3OS. The third kappa shape index (κ3) is 2.76. The van der Waals surface area contributed by atoms with E-state index in [1.807, 2.05) is 11.8 Å². The van der Waals surface area contributed by atoms with Gasteiger partial charge in [0.15, 0.2) is 6.17 Å². The van der Waals surface area contributed by atoms with Gasteiger partial charge in [0.1, 0.15) is 18.2 Å². The molecule has 0 N–H and O–H groups in total. The van der Waals surface area contributed by atoms with Crippen molar-refractivity contribution in [3.8, 4) is 5.75 Å². The highest BCUT2D eigenvalue weighted by Crippen LogP contribution is 2.16. The van der Waals surface area contributed by atoms with Crippen molar-refractivity contribution >= 4 is 17.3 Å². The maximum Gasteiger partial charge on any atom is 0.217 e. The average molecular weight is 253 g/mol. The Morgan fingerprint density at radius 1 is 1.41 bits per heavy atom. The first-order valence-corrected chi connectivity index (χ1v) is 5.71. The van der Waals surface area contributed by atoms with Gasteiger partial charge in [0.05, 0.1) is 0 Å². The quantitative estimate of drug-likeness (QED) is 0.774. The molecule has 1 atom stereocenters. The summed E-state index contributed by atoms with van der Waals surface area (Å²) in [6.45, 7) is 3.07. The van der Waals surface area contributed by atoms with Gasteiger partial charge in [0.25, 0.3) is 0 Å². The minimum atomic E-state index is -0.283. The van der Waals surface area contributed by atoms with E-state index in [0.29, 0.717) is 17.5 Å². The predicted molar refractivity (Wildman–Crippen MR) is 65.5 cm³/mol. The van der Waals surface area contributed by atoms with E-state index in [1.165, 1.54) is 12.1 Å².